The van der Waals surface area contributed by atoms with Gasteiger partial charge < -0.3 is 5.11 Å². The van der Waals surface area contributed by atoms with Crippen molar-refractivity contribution in [3.8, 4) is 0 Å². The summed E-state index contributed by atoms with van der Waals surface area (Å²) in [4.78, 5) is 11.1. The SMILES string of the molecule is O=C(O)c1ccc2c(c1)C(c1ccc(F)cc1F)=C(F)CC2. The monoisotopic (exact) mass is 304 g/mol. The van der Waals surface area contributed by atoms with Gasteiger partial charge in [0.05, 0.1) is 5.56 Å². The first-order chi connectivity index (χ1) is 10.5. The first kappa shape index (κ1) is 14.4. The van der Waals surface area contributed by atoms with E-state index in [0.29, 0.717) is 18.1 Å². The van der Waals surface area contributed by atoms with Gasteiger partial charge in [-0.25, -0.2) is 18.0 Å². The Labute approximate surface area is 124 Å². The third kappa shape index (κ3) is 2.39. The predicted molar refractivity (Wildman–Crippen MR) is 75.2 cm³/mol. The van der Waals surface area contributed by atoms with Crippen LogP contribution in [0.15, 0.2) is 42.2 Å². The molecule has 22 heavy (non-hydrogen) atoms. The number of hydrogen-bond acceptors (Lipinski definition) is 1. The average molecular weight is 304 g/mol. The second kappa shape index (κ2) is 5.33. The van der Waals surface area contributed by atoms with Crippen molar-refractivity contribution in [2.24, 2.45) is 0 Å². The van der Waals surface area contributed by atoms with E-state index < -0.39 is 23.4 Å². The fourth-order valence-electron chi connectivity index (χ4n) is 2.66. The van der Waals surface area contributed by atoms with E-state index in [9.17, 15) is 18.0 Å². The minimum absolute atomic E-state index is 0.00171. The van der Waals surface area contributed by atoms with Crippen molar-refractivity contribution >= 4 is 11.5 Å². The first-order valence-electron chi connectivity index (χ1n) is 6.68. The third-order valence-electron chi connectivity index (χ3n) is 3.71. The van der Waals surface area contributed by atoms with Crippen LogP contribution in [0.3, 0.4) is 0 Å². The topological polar surface area (TPSA) is 37.3 Å². The van der Waals surface area contributed by atoms with Gasteiger partial charge in [-0.15, -0.1) is 0 Å². The van der Waals surface area contributed by atoms with Gasteiger partial charge in [0.2, 0.25) is 0 Å². The zero-order chi connectivity index (χ0) is 15.9. The molecule has 0 aromatic heterocycles. The molecule has 0 fully saturated rings. The highest BCUT2D eigenvalue weighted by Gasteiger charge is 2.24. The summed E-state index contributed by atoms with van der Waals surface area (Å²) in [6, 6.07) is 7.27. The van der Waals surface area contributed by atoms with Crippen LogP contribution in [0.5, 0.6) is 0 Å². The molecule has 112 valence electrons. The van der Waals surface area contributed by atoms with Gasteiger partial charge in [0.1, 0.15) is 17.5 Å². The van der Waals surface area contributed by atoms with Crippen molar-refractivity contribution < 1.29 is 23.1 Å². The van der Waals surface area contributed by atoms with Gasteiger partial charge in [0.15, 0.2) is 0 Å². The lowest BCUT2D eigenvalue weighted by molar-refractivity contribution is 0.0697. The second-order valence-electron chi connectivity index (χ2n) is 5.08. The zero-order valence-electron chi connectivity index (χ0n) is 11.4. The van der Waals surface area contributed by atoms with E-state index in [4.69, 9.17) is 5.11 Å². The molecular weight excluding hydrogens is 293 g/mol. The fourth-order valence-corrected chi connectivity index (χ4v) is 2.66. The molecular formula is C17H11F3O2. The molecule has 3 rings (SSSR count). The Morgan fingerprint density at radius 3 is 2.41 bits per heavy atom. The molecule has 0 unspecified atom stereocenters. The quantitative estimate of drug-likeness (QED) is 0.896. The summed E-state index contributed by atoms with van der Waals surface area (Å²) in [7, 11) is 0. The highest BCUT2D eigenvalue weighted by Crippen LogP contribution is 2.38. The van der Waals surface area contributed by atoms with E-state index in [1.165, 1.54) is 18.2 Å². The minimum atomic E-state index is -1.15. The van der Waals surface area contributed by atoms with Crippen molar-refractivity contribution in [2.45, 2.75) is 12.8 Å². The van der Waals surface area contributed by atoms with Gasteiger partial charge >= 0.3 is 5.97 Å². The number of hydrogen-bond donors (Lipinski definition) is 1. The number of aryl methyl sites for hydroxylation is 1. The van der Waals surface area contributed by atoms with Crippen LogP contribution in [0, 0.1) is 11.6 Å². The molecule has 0 bridgehead atoms. The Hall–Kier alpha value is -2.56. The maximum Gasteiger partial charge on any atom is 0.335 e. The van der Waals surface area contributed by atoms with E-state index in [0.717, 1.165) is 11.6 Å². The third-order valence-corrected chi connectivity index (χ3v) is 3.71. The molecule has 1 aliphatic rings. The molecule has 0 heterocycles. The van der Waals surface area contributed by atoms with Gasteiger partial charge in [-0.05, 0) is 41.8 Å². The Kier molecular flexibility index (Phi) is 3.48. The molecule has 0 amide bonds. The van der Waals surface area contributed by atoms with Gasteiger partial charge in [-0.2, -0.15) is 0 Å². The first-order valence-corrected chi connectivity index (χ1v) is 6.68. The maximum atomic E-state index is 14.3. The van der Waals surface area contributed by atoms with Crippen LogP contribution in [0.2, 0.25) is 0 Å². The van der Waals surface area contributed by atoms with Crippen LogP contribution in [0.4, 0.5) is 13.2 Å². The van der Waals surface area contributed by atoms with Crippen LogP contribution in [-0.2, 0) is 6.42 Å². The molecule has 0 atom stereocenters. The van der Waals surface area contributed by atoms with Crippen LogP contribution in [0.25, 0.3) is 5.57 Å². The van der Waals surface area contributed by atoms with Crippen molar-refractivity contribution in [3.05, 3.63) is 76.1 Å². The summed E-state index contributed by atoms with van der Waals surface area (Å²) in [5.41, 5.74) is 1.01. The highest BCUT2D eigenvalue weighted by atomic mass is 19.1. The molecule has 2 nitrogen and oxygen atoms in total. The molecule has 0 aliphatic heterocycles. The lowest BCUT2D eigenvalue weighted by Gasteiger charge is -2.20. The van der Waals surface area contributed by atoms with Gasteiger partial charge in [-0.1, -0.05) is 6.07 Å². The predicted octanol–water partition coefficient (Wildman–Crippen LogP) is 4.34. The number of allylic oxidation sites excluding steroid dienone is 1. The second-order valence-corrected chi connectivity index (χ2v) is 5.08. The summed E-state index contributed by atoms with van der Waals surface area (Å²) < 4.78 is 41.4. The maximum absolute atomic E-state index is 14.3. The Bertz CT molecular complexity index is 810. The van der Waals surface area contributed by atoms with Crippen LogP contribution in [-0.4, -0.2) is 11.1 Å². The number of fused-ring (bicyclic) bond motifs is 1. The van der Waals surface area contributed by atoms with E-state index in [1.54, 1.807) is 6.07 Å². The van der Waals surface area contributed by atoms with Crippen LogP contribution >= 0.6 is 0 Å². The molecule has 2 aromatic carbocycles. The number of carboxylic acid groups (broad SMARTS) is 1. The molecule has 1 N–H and O–H groups in total. The summed E-state index contributed by atoms with van der Waals surface area (Å²) in [6.07, 6.45) is 0.513. The molecule has 5 heteroatoms. The molecule has 0 radical (unpaired) electrons. The Morgan fingerprint density at radius 2 is 1.73 bits per heavy atom. The standard InChI is InChI=1S/C17H11F3O2/c18-11-4-5-12(15(20)8-11)16-13-7-10(17(21)22)2-1-9(13)3-6-14(16)19/h1-2,4-5,7-8H,3,6H2,(H,21,22). The fraction of sp³-hybridized carbons (Fsp3) is 0.118. The largest absolute Gasteiger partial charge is 0.478 e. The summed E-state index contributed by atoms with van der Waals surface area (Å²) in [6.45, 7) is 0. The smallest absolute Gasteiger partial charge is 0.335 e. The van der Waals surface area contributed by atoms with Crippen molar-refractivity contribution in [3.63, 3.8) is 0 Å². The summed E-state index contributed by atoms with van der Waals surface area (Å²) >= 11 is 0. The number of rotatable bonds is 2. The van der Waals surface area contributed by atoms with Crippen molar-refractivity contribution in [2.75, 3.05) is 0 Å². The lowest BCUT2D eigenvalue weighted by atomic mass is 9.85. The molecule has 0 spiro atoms. The molecule has 0 saturated heterocycles. The molecule has 1 aliphatic carbocycles. The summed E-state index contributed by atoms with van der Waals surface area (Å²) in [5.74, 6) is -3.30. The van der Waals surface area contributed by atoms with E-state index in [-0.39, 0.29) is 23.1 Å². The number of halogens is 3. The Morgan fingerprint density at radius 1 is 0.955 bits per heavy atom. The van der Waals surface area contributed by atoms with E-state index in [2.05, 4.69) is 0 Å². The lowest BCUT2D eigenvalue weighted by Crippen LogP contribution is -2.08. The number of carbonyl (C=O) groups is 1. The van der Waals surface area contributed by atoms with Gasteiger partial charge in [0.25, 0.3) is 0 Å². The normalized spacial score (nSPS) is 14.0. The highest BCUT2D eigenvalue weighted by molar-refractivity contribution is 5.92. The van der Waals surface area contributed by atoms with E-state index >= 15 is 0 Å². The molecule has 2 aromatic rings. The number of carboxylic acids is 1. The average Bonchev–Trinajstić information content (AvgIpc) is 2.47. The van der Waals surface area contributed by atoms with Crippen molar-refractivity contribution in [1.82, 2.24) is 0 Å². The number of aromatic carboxylic acids is 1. The van der Waals surface area contributed by atoms with Crippen molar-refractivity contribution in [1.29, 1.82) is 0 Å². The Balaban J connectivity index is 2.23. The van der Waals surface area contributed by atoms with Gasteiger partial charge in [-0.3, -0.25) is 0 Å². The molecule has 0 saturated carbocycles. The van der Waals surface area contributed by atoms with Crippen LogP contribution < -0.4 is 0 Å². The van der Waals surface area contributed by atoms with Crippen LogP contribution in [0.1, 0.15) is 33.5 Å². The number of benzene rings is 2. The van der Waals surface area contributed by atoms with E-state index in [1.807, 2.05) is 0 Å². The van der Waals surface area contributed by atoms with Gasteiger partial charge in [0, 0.05) is 23.6 Å². The zero-order valence-corrected chi connectivity index (χ0v) is 11.4. The minimum Gasteiger partial charge on any atom is -0.478 e. The summed E-state index contributed by atoms with van der Waals surface area (Å²) in [5, 5.41) is 9.07.